The Labute approximate surface area is 124 Å². The van der Waals surface area contributed by atoms with Crippen LogP contribution in [0.1, 0.15) is 18.0 Å². The lowest BCUT2D eigenvalue weighted by atomic mass is 10.1. The number of fused-ring (bicyclic) bond motifs is 1. The number of benzene rings is 1. The fraction of sp³-hybridized carbons (Fsp3) is 0.385. The highest BCUT2D eigenvalue weighted by atomic mass is 79.9. The fourth-order valence-corrected chi connectivity index (χ4v) is 2.60. The summed E-state index contributed by atoms with van der Waals surface area (Å²) in [7, 11) is 1.42. The summed E-state index contributed by atoms with van der Waals surface area (Å²) in [6.07, 6.45) is 1.24. The van der Waals surface area contributed by atoms with Gasteiger partial charge in [-0.3, -0.25) is 4.79 Å². The smallest absolute Gasteiger partial charge is 0.331 e. The molecule has 0 bridgehead atoms. The van der Waals surface area contributed by atoms with E-state index < -0.39 is 12.0 Å². The third kappa shape index (κ3) is 2.87. The van der Waals surface area contributed by atoms with Crippen LogP contribution in [0.2, 0.25) is 0 Å². The van der Waals surface area contributed by atoms with Crippen molar-refractivity contribution in [3.63, 3.8) is 0 Å². The van der Waals surface area contributed by atoms with Crippen molar-refractivity contribution in [1.82, 2.24) is 4.90 Å². The molecule has 0 aliphatic carbocycles. The van der Waals surface area contributed by atoms with Gasteiger partial charge in [0.1, 0.15) is 0 Å². The Morgan fingerprint density at radius 1 is 1.45 bits per heavy atom. The van der Waals surface area contributed by atoms with Crippen molar-refractivity contribution in [3.05, 3.63) is 22.2 Å². The zero-order valence-corrected chi connectivity index (χ0v) is 12.4. The minimum Gasteiger partial charge on any atom is -0.490 e. The maximum absolute atomic E-state index is 11.4. The van der Waals surface area contributed by atoms with Crippen molar-refractivity contribution >= 4 is 28.3 Å². The summed E-state index contributed by atoms with van der Waals surface area (Å²) < 4.78 is 11.7. The average molecular weight is 344 g/mol. The number of ether oxygens (including phenoxy) is 2. The first-order valence-electron chi connectivity index (χ1n) is 6.03. The molecule has 1 heterocycles. The molecular weight excluding hydrogens is 330 g/mol. The van der Waals surface area contributed by atoms with E-state index in [-0.39, 0.29) is 0 Å². The number of nitrogens with zero attached hydrogens (tertiary/aromatic N) is 1. The molecule has 1 unspecified atom stereocenters. The molecule has 0 fully saturated rings. The highest BCUT2D eigenvalue weighted by Crippen LogP contribution is 2.40. The SMILES string of the molecule is CN(C=O)C(C(=O)O)c1cc(Br)c2c(c1)OCCCO2. The number of carboxylic acid groups (broad SMARTS) is 1. The minimum absolute atomic E-state index is 0.447. The Morgan fingerprint density at radius 3 is 2.80 bits per heavy atom. The van der Waals surface area contributed by atoms with Crippen molar-refractivity contribution in [2.24, 2.45) is 0 Å². The molecule has 20 heavy (non-hydrogen) atoms. The maximum Gasteiger partial charge on any atom is 0.331 e. The van der Waals surface area contributed by atoms with E-state index in [0.29, 0.717) is 41.2 Å². The molecule has 108 valence electrons. The maximum atomic E-state index is 11.4. The summed E-state index contributed by atoms with van der Waals surface area (Å²) in [5.41, 5.74) is 0.447. The van der Waals surface area contributed by atoms with E-state index in [4.69, 9.17) is 9.47 Å². The largest absolute Gasteiger partial charge is 0.490 e. The van der Waals surface area contributed by atoms with Gasteiger partial charge in [0.25, 0.3) is 0 Å². The number of hydrogen-bond donors (Lipinski definition) is 1. The third-order valence-corrected chi connectivity index (χ3v) is 3.54. The van der Waals surface area contributed by atoms with Crippen LogP contribution >= 0.6 is 15.9 Å². The lowest BCUT2D eigenvalue weighted by Gasteiger charge is -2.22. The molecule has 2 rings (SSSR count). The first kappa shape index (κ1) is 14.6. The van der Waals surface area contributed by atoms with Crippen LogP contribution in [-0.4, -0.2) is 42.6 Å². The lowest BCUT2D eigenvalue weighted by Crippen LogP contribution is -2.29. The molecule has 0 saturated heterocycles. The fourth-order valence-electron chi connectivity index (χ4n) is 2.02. The molecule has 1 atom stereocenters. The van der Waals surface area contributed by atoms with Gasteiger partial charge >= 0.3 is 5.97 Å². The monoisotopic (exact) mass is 343 g/mol. The molecule has 0 saturated carbocycles. The van der Waals surface area contributed by atoms with Crippen molar-refractivity contribution in [3.8, 4) is 11.5 Å². The molecule has 0 radical (unpaired) electrons. The summed E-state index contributed by atoms with van der Waals surface area (Å²) in [6, 6.07) is 2.16. The summed E-state index contributed by atoms with van der Waals surface area (Å²) in [4.78, 5) is 23.3. The number of likely N-dealkylation sites (N-methyl/N-ethyl adjacent to an activating group) is 1. The second-order valence-corrected chi connectivity index (χ2v) is 5.25. The first-order chi connectivity index (χ1) is 9.54. The zero-order valence-electron chi connectivity index (χ0n) is 10.8. The van der Waals surface area contributed by atoms with E-state index in [9.17, 15) is 14.7 Å². The van der Waals surface area contributed by atoms with E-state index in [1.807, 2.05) is 0 Å². The van der Waals surface area contributed by atoms with Crippen LogP contribution in [0, 0.1) is 0 Å². The normalized spacial score (nSPS) is 15.1. The Kier molecular flexibility index (Phi) is 4.49. The molecule has 1 aromatic carbocycles. The standard InChI is InChI=1S/C13H14BrNO5/c1-15(7-16)11(13(17)18)8-5-9(14)12-10(6-8)19-3-2-4-20-12/h5-7,11H,2-4H2,1H3,(H,17,18). The van der Waals surface area contributed by atoms with Crippen molar-refractivity contribution in [1.29, 1.82) is 0 Å². The van der Waals surface area contributed by atoms with Gasteiger partial charge in [-0.1, -0.05) is 0 Å². The van der Waals surface area contributed by atoms with Gasteiger partial charge in [0.05, 0.1) is 17.7 Å². The Balaban J connectivity index is 2.46. The number of amides is 1. The van der Waals surface area contributed by atoms with Crippen LogP contribution in [0.4, 0.5) is 0 Å². The highest BCUT2D eigenvalue weighted by molar-refractivity contribution is 9.10. The number of aliphatic carboxylic acids is 1. The second-order valence-electron chi connectivity index (χ2n) is 4.39. The molecule has 0 spiro atoms. The molecule has 1 aliphatic rings. The Hall–Kier alpha value is -1.76. The van der Waals surface area contributed by atoms with Crippen molar-refractivity contribution in [2.45, 2.75) is 12.5 Å². The second kappa shape index (κ2) is 6.13. The average Bonchev–Trinajstić information content (AvgIpc) is 2.64. The molecule has 1 aromatic rings. The number of halogens is 1. The van der Waals surface area contributed by atoms with Crippen LogP contribution in [-0.2, 0) is 9.59 Å². The Bertz CT molecular complexity index is 534. The van der Waals surface area contributed by atoms with Crippen molar-refractivity contribution < 1.29 is 24.2 Å². The topological polar surface area (TPSA) is 76.1 Å². The molecule has 0 aromatic heterocycles. The summed E-state index contributed by atoms with van der Waals surface area (Å²) in [5.74, 6) is -0.0671. The molecule has 6 nitrogen and oxygen atoms in total. The van der Waals surface area contributed by atoms with Gasteiger partial charge in [0.15, 0.2) is 17.5 Å². The van der Waals surface area contributed by atoms with Crippen LogP contribution in [0.5, 0.6) is 11.5 Å². The van der Waals surface area contributed by atoms with Crippen LogP contribution in [0.3, 0.4) is 0 Å². The van der Waals surface area contributed by atoms with E-state index in [2.05, 4.69) is 15.9 Å². The summed E-state index contributed by atoms with van der Waals surface area (Å²) >= 11 is 3.35. The molecule has 1 amide bonds. The number of rotatable bonds is 4. The molecule has 1 aliphatic heterocycles. The van der Waals surface area contributed by atoms with Gasteiger partial charge in [-0.05, 0) is 33.6 Å². The Morgan fingerprint density at radius 2 is 2.15 bits per heavy atom. The van der Waals surface area contributed by atoms with Gasteiger partial charge in [0, 0.05) is 13.5 Å². The van der Waals surface area contributed by atoms with Gasteiger partial charge in [-0.2, -0.15) is 0 Å². The number of carbonyl (C=O) groups is 2. The zero-order chi connectivity index (χ0) is 14.7. The van der Waals surface area contributed by atoms with Gasteiger partial charge < -0.3 is 19.5 Å². The molecule has 1 N–H and O–H groups in total. The summed E-state index contributed by atoms with van der Waals surface area (Å²) in [6.45, 7) is 1.05. The minimum atomic E-state index is -1.11. The predicted octanol–water partition coefficient (Wildman–Crippen LogP) is 1.82. The van der Waals surface area contributed by atoms with Crippen LogP contribution < -0.4 is 9.47 Å². The first-order valence-corrected chi connectivity index (χ1v) is 6.83. The van der Waals surface area contributed by atoms with E-state index in [0.717, 1.165) is 11.3 Å². The number of hydrogen-bond acceptors (Lipinski definition) is 4. The quantitative estimate of drug-likeness (QED) is 0.844. The van der Waals surface area contributed by atoms with E-state index >= 15 is 0 Å². The van der Waals surface area contributed by atoms with Crippen LogP contribution in [0.25, 0.3) is 0 Å². The number of carboxylic acids is 1. The van der Waals surface area contributed by atoms with Gasteiger partial charge in [0.2, 0.25) is 6.41 Å². The molecule has 7 heteroatoms. The van der Waals surface area contributed by atoms with E-state index in [1.54, 1.807) is 12.1 Å². The van der Waals surface area contributed by atoms with E-state index in [1.165, 1.54) is 7.05 Å². The van der Waals surface area contributed by atoms with Crippen molar-refractivity contribution in [2.75, 3.05) is 20.3 Å². The van der Waals surface area contributed by atoms with Gasteiger partial charge in [-0.15, -0.1) is 0 Å². The highest BCUT2D eigenvalue weighted by Gasteiger charge is 2.27. The number of carbonyl (C=O) groups excluding carboxylic acids is 1. The molecular formula is C13H14BrNO5. The predicted molar refractivity (Wildman–Crippen MR) is 74.0 cm³/mol. The van der Waals surface area contributed by atoms with Gasteiger partial charge in [-0.25, -0.2) is 4.79 Å². The third-order valence-electron chi connectivity index (χ3n) is 2.95. The lowest BCUT2D eigenvalue weighted by molar-refractivity contribution is -0.145. The summed E-state index contributed by atoms with van der Waals surface area (Å²) in [5, 5.41) is 9.29. The van der Waals surface area contributed by atoms with Crippen LogP contribution in [0.15, 0.2) is 16.6 Å².